The zero-order chi connectivity index (χ0) is 28.2. The molecule has 0 saturated heterocycles. The maximum atomic E-state index is 15.3. The molecule has 4 aromatic rings. The molecule has 2 aromatic carbocycles. The second-order valence-electron chi connectivity index (χ2n) is 11.7. The van der Waals surface area contributed by atoms with Crippen LogP contribution in [0.25, 0.3) is 38.4 Å². The molecule has 0 radical (unpaired) electrons. The first-order chi connectivity index (χ1) is 19.2. The first-order valence-corrected chi connectivity index (χ1v) is 13.6. The maximum absolute atomic E-state index is 15.3. The number of allylic oxidation sites excluding steroid dienone is 3. The lowest BCUT2D eigenvalue weighted by Gasteiger charge is -2.54. The van der Waals surface area contributed by atoms with Crippen LogP contribution in [-0.2, 0) is 11.8 Å². The molecule has 3 atom stereocenters. The molecular formula is C34H31FN4O. The van der Waals surface area contributed by atoms with Crippen molar-refractivity contribution in [3.05, 3.63) is 113 Å². The van der Waals surface area contributed by atoms with Gasteiger partial charge in [-0.25, -0.2) is 19.2 Å². The maximum Gasteiger partial charge on any atom is 0.203 e. The molecule has 2 aliphatic rings. The summed E-state index contributed by atoms with van der Waals surface area (Å²) in [5.41, 5.74) is 4.48. The molecule has 0 saturated carbocycles. The molecule has 0 unspecified atom stereocenters. The highest BCUT2D eigenvalue weighted by Crippen LogP contribution is 2.61. The monoisotopic (exact) mass is 530 g/mol. The quantitative estimate of drug-likeness (QED) is 0.213. The number of aromatic nitrogens is 3. The van der Waals surface area contributed by atoms with Crippen molar-refractivity contribution in [3.8, 4) is 22.6 Å². The number of rotatable bonds is 4. The van der Waals surface area contributed by atoms with Gasteiger partial charge >= 0.3 is 0 Å². The lowest BCUT2D eigenvalue weighted by molar-refractivity contribution is 0.0483. The van der Waals surface area contributed by atoms with Gasteiger partial charge in [-0.3, -0.25) is 4.98 Å². The largest absolute Gasteiger partial charge is 0.523 e. The highest BCUT2D eigenvalue weighted by molar-refractivity contribution is 5.92. The molecule has 5 nitrogen and oxygen atoms in total. The van der Waals surface area contributed by atoms with E-state index in [1.54, 1.807) is 18.3 Å². The Morgan fingerprint density at radius 1 is 1.10 bits per heavy atom. The highest BCUT2D eigenvalue weighted by Gasteiger charge is 2.56. The van der Waals surface area contributed by atoms with Crippen molar-refractivity contribution in [3.63, 3.8) is 0 Å². The number of aliphatic hydroxyl groups excluding tert-OH is 1. The van der Waals surface area contributed by atoms with Gasteiger partial charge in [-0.1, -0.05) is 49.8 Å². The topological polar surface area (TPSA) is 63.3 Å². The highest BCUT2D eigenvalue weighted by atomic mass is 19.1. The molecule has 2 heterocycles. The van der Waals surface area contributed by atoms with Crippen LogP contribution in [0, 0.1) is 23.7 Å². The van der Waals surface area contributed by atoms with Crippen LogP contribution < -0.4 is 0 Å². The third-order valence-electron chi connectivity index (χ3n) is 8.94. The van der Waals surface area contributed by atoms with Crippen LogP contribution >= 0.6 is 0 Å². The molecule has 0 fully saturated rings. The van der Waals surface area contributed by atoms with Gasteiger partial charge in [-0.15, -0.1) is 6.58 Å². The predicted octanol–water partition coefficient (Wildman–Crippen LogP) is 8.38. The van der Waals surface area contributed by atoms with Crippen LogP contribution in [0.15, 0.2) is 84.4 Å². The van der Waals surface area contributed by atoms with E-state index in [9.17, 15) is 5.11 Å². The van der Waals surface area contributed by atoms with Crippen molar-refractivity contribution in [1.82, 2.24) is 15.0 Å². The third kappa shape index (κ3) is 3.83. The Hall–Kier alpha value is -4.37. The number of para-hydroxylation sites is 1. The SMILES string of the molecule is [C-]#[N+]C1=C(O)[C@](C)(CC(=C)C)[C@H]2CCc3c(-c4ccccc4F)nc(-c4ccnc5ccccc45)nc3[C@]2(C)C1. The van der Waals surface area contributed by atoms with Crippen molar-refractivity contribution in [2.24, 2.45) is 11.3 Å². The second-order valence-corrected chi connectivity index (χ2v) is 11.7. The minimum absolute atomic E-state index is 0.0000967. The van der Waals surface area contributed by atoms with E-state index in [1.807, 2.05) is 50.2 Å². The third-order valence-corrected chi connectivity index (χ3v) is 8.94. The zero-order valence-corrected chi connectivity index (χ0v) is 23.0. The van der Waals surface area contributed by atoms with Gasteiger partial charge in [0.15, 0.2) is 5.82 Å². The summed E-state index contributed by atoms with van der Waals surface area (Å²) in [6.45, 7) is 18.2. The van der Waals surface area contributed by atoms with Crippen LogP contribution in [0.5, 0.6) is 0 Å². The predicted molar refractivity (Wildman–Crippen MR) is 156 cm³/mol. The zero-order valence-electron chi connectivity index (χ0n) is 23.0. The van der Waals surface area contributed by atoms with Gasteiger partial charge in [0.1, 0.15) is 11.6 Å². The summed E-state index contributed by atoms with van der Waals surface area (Å²) in [7, 11) is 0. The van der Waals surface area contributed by atoms with Crippen molar-refractivity contribution in [2.75, 3.05) is 0 Å². The Morgan fingerprint density at radius 3 is 2.60 bits per heavy atom. The molecule has 0 bridgehead atoms. The van der Waals surface area contributed by atoms with E-state index in [0.29, 0.717) is 42.0 Å². The van der Waals surface area contributed by atoms with Crippen LogP contribution in [0.4, 0.5) is 4.39 Å². The molecule has 0 aliphatic heterocycles. The van der Waals surface area contributed by atoms with Gasteiger partial charge < -0.3 is 5.11 Å². The Labute approximate surface area is 234 Å². The number of aliphatic hydroxyl groups is 1. The van der Waals surface area contributed by atoms with E-state index in [-0.39, 0.29) is 17.5 Å². The van der Waals surface area contributed by atoms with E-state index >= 15 is 4.39 Å². The fourth-order valence-corrected chi connectivity index (χ4v) is 7.33. The lowest BCUT2D eigenvalue weighted by atomic mass is 9.50. The standard InChI is InChI=1S/C34H31FN4O/c1-20(2)18-34(4)28-15-14-24-29(23-11-6-8-12-25(23)35)38-32(22-16-17-37-26-13-9-7-10-21(22)26)39-30(24)33(28,3)19-27(36-5)31(34)40/h6-13,16-17,28,40H,1,14-15,18-19H2,2-4H3/t28-,33+,34+/m0/s1. The summed E-state index contributed by atoms with van der Waals surface area (Å²) in [5, 5.41) is 12.3. The van der Waals surface area contributed by atoms with Gasteiger partial charge in [0.25, 0.3) is 0 Å². The lowest BCUT2D eigenvalue weighted by Crippen LogP contribution is -2.51. The fraction of sp³-hybridized carbons (Fsp3) is 0.294. The smallest absolute Gasteiger partial charge is 0.203 e. The van der Waals surface area contributed by atoms with Gasteiger partial charge in [0.2, 0.25) is 5.70 Å². The summed E-state index contributed by atoms with van der Waals surface area (Å²) in [4.78, 5) is 18.6. The Balaban J connectivity index is 1.67. The average Bonchev–Trinajstić information content (AvgIpc) is 2.94. The number of nitrogens with zero attached hydrogens (tertiary/aromatic N) is 4. The first kappa shape index (κ1) is 25.9. The summed E-state index contributed by atoms with van der Waals surface area (Å²) < 4.78 is 15.3. The van der Waals surface area contributed by atoms with Gasteiger partial charge in [-0.05, 0) is 62.8 Å². The summed E-state index contributed by atoms with van der Waals surface area (Å²) in [5.74, 6) is 0.332. The molecule has 0 amide bonds. The molecule has 6 heteroatoms. The van der Waals surface area contributed by atoms with Crippen molar-refractivity contribution in [2.45, 2.75) is 51.9 Å². The molecule has 40 heavy (non-hydrogen) atoms. The van der Waals surface area contributed by atoms with E-state index < -0.39 is 10.8 Å². The Morgan fingerprint density at radius 2 is 1.85 bits per heavy atom. The van der Waals surface area contributed by atoms with Gasteiger partial charge in [-0.2, -0.15) is 0 Å². The second kappa shape index (κ2) is 9.38. The molecule has 0 spiro atoms. The van der Waals surface area contributed by atoms with Gasteiger partial charge in [0.05, 0.1) is 23.5 Å². The number of fused-ring (bicyclic) bond motifs is 4. The summed E-state index contributed by atoms with van der Waals surface area (Å²) in [6.07, 6.45) is 4.07. The molecule has 2 aliphatic carbocycles. The van der Waals surface area contributed by atoms with E-state index in [2.05, 4.69) is 23.3 Å². The van der Waals surface area contributed by atoms with Crippen LogP contribution in [0.3, 0.4) is 0 Å². The van der Waals surface area contributed by atoms with E-state index in [4.69, 9.17) is 16.5 Å². The minimum atomic E-state index is -0.664. The molecule has 1 N–H and O–H groups in total. The van der Waals surface area contributed by atoms with Crippen LogP contribution in [0.1, 0.15) is 51.3 Å². The number of hydrogen-bond acceptors (Lipinski definition) is 4. The van der Waals surface area contributed by atoms with Crippen molar-refractivity contribution >= 4 is 10.9 Å². The van der Waals surface area contributed by atoms with Crippen LogP contribution in [-0.4, -0.2) is 20.1 Å². The van der Waals surface area contributed by atoms with Crippen LogP contribution in [0.2, 0.25) is 0 Å². The summed E-state index contributed by atoms with van der Waals surface area (Å²) >= 11 is 0. The molecule has 2 aromatic heterocycles. The number of pyridine rings is 1. The Kier molecular flexibility index (Phi) is 6.07. The first-order valence-electron chi connectivity index (χ1n) is 13.6. The van der Waals surface area contributed by atoms with Crippen molar-refractivity contribution in [1.29, 1.82) is 0 Å². The molecule has 6 rings (SSSR count). The normalized spacial score (nSPS) is 23.8. The fourth-order valence-electron chi connectivity index (χ4n) is 7.33. The number of benzene rings is 2. The number of halogens is 1. The van der Waals surface area contributed by atoms with E-state index in [1.165, 1.54) is 6.07 Å². The summed E-state index contributed by atoms with van der Waals surface area (Å²) in [6, 6.07) is 16.5. The Bertz CT molecular complexity index is 1760. The molecule has 200 valence electrons. The molecular weight excluding hydrogens is 499 g/mol. The van der Waals surface area contributed by atoms with Crippen molar-refractivity contribution < 1.29 is 9.50 Å². The average molecular weight is 531 g/mol. The number of hydrogen-bond donors (Lipinski definition) is 1. The van der Waals surface area contributed by atoms with E-state index in [0.717, 1.165) is 39.7 Å². The van der Waals surface area contributed by atoms with Gasteiger partial charge in [0, 0.05) is 39.1 Å². The minimum Gasteiger partial charge on any atom is -0.523 e.